The molecule has 102 valence electrons. The molecule has 1 rings (SSSR count). The highest BCUT2D eigenvalue weighted by molar-refractivity contribution is 5.95. The molecule has 1 amide bonds. The van der Waals surface area contributed by atoms with Crippen LogP contribution in [0.1, 0.15) is 49.1 Å². The summed E-state index contributed by atoms with van der Waals surface area (Å²) in [5, 5.41) is 13.0. The van der Waals surface area contributed by atoms with Crippen molar-refractivity contribution in [2.75, 3.05) is 6.54 Å². The third-order valence-electron chi connectivity index (χ3n) is 3.57. The van der Waals surface area contributed by atoms with E-state index in [4.69, 9.17) is 4.42 Å². The summed E-state index contributed by atoms with van der Waals surface area (Å²) in [4.78, 5) is 12.0. The predicted octanol–water partition coefficient (Wildman–Crippen LogP) is 2.42. The number of rotatable bonds is 5. The van der Waals surface area contributed by atoms with Gasteiger partial charge in [-0.3, -0.25) is 4.79 Å². The molecule has 2 atom stereocenters. The fourth-order valence-electron chi connectivity index (χ4n) is 1.82. The molecule has 0 saturated heterocycles. The summed E-state index contributed by atoms with van der Waals surface area (Å²) in [6, 6.07) is 1.71. The Kier molecular flexibility index (Phi) is 4.57. The van der Waals surface area contributed by atoms with Crippen LogP contribution in [0, 0.1) is 19.8 Å². The molecule has 2 unspecified atom stereocenters. The summed E-state index contributed by atoms with van der Waals surface area (Å²) in [7, 11) is 0. The van der Waals surface area contributed by atoms with E-state index in [1.165, 1.54) is 0 Å². The topological polar surface area (TPSA) is 62.5 Å². The summed E-state index contributed by atoms with van der Waals surface area (Å²) < 4.78 is 5.31. The Morgan fingerprint density at radius 1 is 1.56 bits per heavy atom. The van der Waals surface area contributed by atoms with E-state index in [1.54, 1.807) is 26.8 Å². The molecule has 0 aromatic carbocycles. The number of amides is 1. The first-order valence-electron chi connectivity index (χ1n) is 6.35. The number of hydrogen-bond donors (Lipinski definition) is 2. The maximum Gasteiger partial charge on any atom is 0.254 e. The Morgan fingerprint density at radius 3 is 2.61 bits per heavy atom. The van der Waals surface area contributed by atoms with Gasteiger partial charge in [0.05, 0.1) is 11.2 Å². The lowest BCUT2D eigenvalue weighted by Crippen LogP contribution is -2.45. The summed E-state index contributed by atoms with van der Waals surface area (Å²) in [5.41, 5.74) is -0.357. The zero-order valence-electron chi connectivity index (χ0n) is 11.8. The zero-order chi connectivity index (χ0) is 13.9. The molecule has 0 aliphatic carbocycles. The van der Waals surface area contributed by atoms with Gasteiger partial charge in [0.1, 0.15) is 11.5 Å². The van der Waals surface area contributed by atoms with E-state index >= 15 is 0 Å². The van der Waals surface area contributed by atoms with Gasteiger partial charge in [-0.15, -0.1) is 0 Å². The van der Waals surface area contributed by atoms with Crippen molar-refractivity contribution in [3.05, 3.63) is 23.2 Å². The Labute approximate surface area is 108 Å². The van der Waals surface area contributed by atoms with Gasteiger partial charge in [-0.1, -0.05) is 20.3 Å². The molecule has 0 bridgehead atoms. The molecule has 0 aliphatic rings. The smallest absolute Gasteiger partial charge is 0.254 e. The predicted molar refractivity (Wildman–Crippen MR) is 70.6 cm³/mol. The van der Waals surface area contributed by atoms with Crippen LogP contribution in [0.2, 0.25) is 0 Å². The molecule has 1 aromatic rings. The lowest BCUT2D eigenvalue weighted by atomic mass is 9.88. The molecule has 0 aliphatic heterocycles. The van der Waals surface area contributed by atoms with E-state index in [2.05, 4.69) is 5.32 Å². The van der Waals surface area contributed by atoms with Gasteiger partial charge in [0.25, 0.3) is 5.91 Å². The summed E-state index contributed by atoms with van der Waals surface area (Å²) in [6.07, 6.45) is 0.868. The first kappa shape index (κ1) is 14.8. The van der Waals surface area contributed by atoms with Crippen LogP contribution in [0.3, 0.4) is 0 Å². The second-order valence-corrected chi connectivity index (χ2v) is 5.18. The molecule has 4 heteroatoms. The quantitative estimate of drug-likeness (QED) is 0.847. The SMILES string of the molecule is CCC(C)C(C)(O)CNC(=O)c1cc(C)oc1C. The van der Waals surface area contributed by atoms with Gasteiger partial charge in [-0.05, 0) is 32.8 Å². The first-order valence-corrected chi connectivity index (χ1v) is 6.35. The first-order chi connectivity index (χ1) is 8.27. The Morgan fingerprint density at radius 2 is 2.17 bits per heavy atom. The second-order valence-electron chi connectivity index (χ2n) is 5.18. The number of hydrogen-bond acceptors (Lipinski definition) is 3. The van der Waals surface area contributed by atoms with Gasteiger partial charge >= 0.3 is 0 Å². The summed E-state index contributed by atoms with van der Waals surface area (Å²) >= 11 is 0. The zero-order valence-corrected chi connectivity index (χ0v) is 11.8. The lowest BCUT2D eigenvalue weighted by molar-refractivity contribution is 0.00591. The van der Waals surface area contributed by atoms with Gasteiger partial charge in [0.15, 0.2) is 0 Å². The minimum atomic E-state index is -0.892. The third-order valence-corrected chi connectivity index (χ3v) is 3.57. The van der Waals surface area contributed by atoms with Crippen LogP contribution in [-0.2, 0) is 0 Å². The molecule has 2 N–H and O–H groups in total. The minimum Gasteiger partial charge on any atom is -0.466 e. The van der Waals surface area contributed by atoms with E-state index in [0.717, 1.165) is 6.42 Å². The van der Waals surface area contributed by atoms with Gasteiger partial charge in [-0.25, -0.2) is 0 Å². The standard InChI is InChI=1S/C14H23NO3/c1-6-9(2)14(5,17)8-15-13(16)12-7-10(3)18-11(12)4/h7,9,17H,6,8H2,1-5H3,(H,15,16). The number of aryl methyl sites for hydroxylation is 2. The van der Waals surface area contributed by atoms with Crippen molar-refractivity contribution >= 4 is 5.91 Å². The summed E-state index contributed by atoms with van der Waals surface area (Å²) in [5.74, 6) is 1.25. The molecular formula is C14H23NO3. The minimum absolute atomic E-state index is 0.130. The van der Waals surface area contributed by atoms with Gasteiger partial charge in [-0.2, -0.15) is 0 Å². The van der Waals surface area contributed by atoms with Gasteiger partial charge < -0.3 is 14.8 Å². The van der Waals surface area contributed by atoms with Crippen LogP contribution in [0.4, 0.5) is 0 Å². The molecule has 1 heterocycles. The van der Waals surface area contributed by atoms with Crippen molar-refractivity contribution in [2.45, 2.75) is 46.6 Å². The van der Waals surface area contributed by atoms with Crippen molar-refractivity contribution in [1.29, 1.82) is 0 Å². The maximum atomic E-state index is 12.0. The normalized spacial score (nSPS) is 16.1. The van der Waals surface area contributed by atoms with Crippen LogP contribution in [0.25, 0.3) is 0 Å². The molecule has 0 saturated carbocycles. The van der Waals surface area contributed by atoms with E-state index in [-0.39, 0.29) is 18.4 Å². The highest BCUT2D eigenvalue weighted by Crippen LogP contribution is 2.19. The highest BCUT2D eigenvalue weighted by atomic mass is 16.3. The maximum absolute atomic E-state index is 12.0. The van der Waals surface area contributed by atoms with E-state index < -0.39 is 5.60 Å². The van der Waals surface area contributed by atoms with Gasteiger partial charge in [0.2, 0.25) is 0 Å². The molecule has 0 spiro atoms. The molecule has 1 aromatic heterocycles. The monoisotopic (exact) mass is 253 g/mol. The van der Waals surface area contributed by atoms with Crippen molar-refractivity contribution in [1.82, 2.24) is 5.32 Å². The van der Waals surface area contributed by atoms with E-state index in [0.29, 0.717) is 17.1 Å². The number of nitrogens with one attached hydrogen (secondary N) is 1. The average Bonchev–Trinajstić information content (AvgIpc) is 2.64. The third kappa shape index (κ3) is 3.35. The van der Waals surface area contributed by atoms with Crippen LogP contribution in [0.5, 0.6) is 0 Å². The van der Waals surface area contributed by atoms with Crippen LogP contribution < -0.4 is 5.32 Å². The van der Waals surface area contributed by atoms with Crippen molar-refractivity contribution < 1.29 is 14.3 Å². The van der Waals surface area contributed by atoms with Crippen LogP contribution in [0.15, 0.2) is 10.5 Å². The largest absolute Gasteiger partial charge is 0.466 e. The summed E-state index contributed by atoms with van der Waals surface area (Å²) in [6.45, 7) is 9.54. The van der Waals surface area contributed by atoms with E-state index in [9.17, 15) is 9.90 Å². The molecule has 18 heavy (non-hydrogen) atoms. The van der Waals surface area contributed by atoms with Crippen molar-refractivity contribution in [3.8, 4) is 0 Å². The fourth-order valence-corrected chi connectivity index (χ4v) is 1.82. The molecule has 4 nitrogen and oxygen atoms in total. The van der Waals surface area contributed by atoms with Crippen molar-refractivity contribution in [2.24, 2.45) is 5.92 Å². The number of carbonyl (C=O) groups is 1. The van der Waals surface area contributed by atoms with E-state index in [1.807, 2.05) is 13.8 Å². The molecule has 0 radical (unpaired) electrons. The lowest BCUT2D eigenvalue weighted by Gasteiger charge is -2.29. The second kappa shape index (κ2) is 5.57. The Hall–Kier alpha value is -1.29. The fraction of sp³-hybridized carbons (Fsp3) is 0.643. The van der Waals surface area contributed by atoms with Crippen LogP contribution >= 0.6 is 0 Å². The average molecular weight is 253 g/mol. The highest BCUT2D eigenvalue weighted by Gasteiger charge is 2.28. The van der Waals surface area contributed by atoms with Gasteiger partial charge in [0, 0.05) is 6.54 Å². The van der Waals surface area contributed by atoms with Crippen LogP contribution in [-0.4, -0.2) is 23.2 Å². The number of aliphatic hydroxyl groups is 1. The number of carbonyl (C=O) groups excluding carboxylic acids is 1. The van der Waals surface area contributed by atoms with Crippen molar-refractivity contribution in [3.63, 3.8) is 0 Å². The molecular weight excluding hydrogens is 230 g/mol. The Bertz CT molecular complexity index is 421. The molecule has 0 fully saturated rings. The number of furan rings is 1. The Balaban J connectivity index is 2.64.